The Morgan fingerprint density at radius 3 is 2.28 bits per heavy atom. The van der Waals surface area contributed by atoms with E-state index in [2.05, 4.69) is 5.32 Å². The van der Waals surface area contributed by atoms with Crippen molar-refractivity contribution < 1.29 is 13.2 Å². The summed E-state index contributed by atoms with van der Waals surface area (Å²) in [4.78, 5) is 11.6. The van der Waals surface area contributed by atoms with E-state index in [-0.39, 0.29) is 24.2 Å². The smallest absolute Gasteiger partial charge is 0.235 e. The molecule has 0 unspecified atom stereocenters. The van der Waals surface area contributed by atoms with Crippen molar-refractivity contribution >= 4 is 28.2 Å². The fourth-order valence-electron chi connectivity index (χ4n) is 2.01. The van der Waals surface area contributed by atoms with Crippen LogP contribution in [0.2, 0.25) is 0 Å². The third-order valence-corrected chi connectivity index (χ3v) is 5.28. The standard InChI is InChI=1S/C11H22N2O3S.ClH/c1-11(2,8-12)13-10(14)7-17(15,16)9-5-3-4-6-9;/h9H,3-8,12H2,1-2H3,(H,13,14);1H. The first-order valence-electron chi connectivity index (χ1n) is 5.99. The van der Waals surface area contributed by atoms with E-state index in [0.29, 0.717) is 12.8 Å². The van der Waals surface area contributed by atoms with Gasteiger partial charge in [-0.05, 0) is 26.7 Å². The molecule has 7 heteroatoms. The van der Waals surface area contributed by atoms with Crippen molar-refractivity contribution in [1.29, 1.82) is 0 Å². The van der Waals surface area contributed by atoms with Crippen LogP contribution in [0.15, 0.2) is 0 Å². The molecule has 0 aromatic heterocycles. The molecule has 0 heterocycles. The number of amides is 1. The van der Waals surface area contributed by atoms with Crippen LogP contribution >= 0.6 is 12.4 Å². The van der Waals surface area contributed by atoms with Gasteiger partial charge in [-0.1, -0.05) is 12.8 Å². The topological polar surface area (TPSA) is 89.3 Å². The van der Waals surface area contributed by atoms with Gasteiger partial charge in [0.1, 0.15) is 5.75 Å². The lowest BCUT2D eigenvalue weighted by atomic mass is 10.1. The van der Waals surface area contributed by atoms with Crippen LogP contribution < -0.4 is 11.1 Å². The maximum absolute atomic E-state index is 11.9. The van der Waals surface area contributed by atoms with Crippen molar-refractivity contribution in [3.8, 4) is 0 Å². The Hall–Kier alpha value is -0.330. The minimum Gasteiger partial charge on any atom is -0.349 e. The van der Waals surface area contributed by atoms with Crippen molar-refractivity contribution in [3.63, 3.8) is 0 Å². The lowest BCUT2D eigenvalue weighted by Crippen LogP contribution is -2.51. The average molecular weight is 299 g/mol. The first kappa shape index (κ1) is 17.7. The lowest BCUT2D eigenvalue weighted by Gasteiger charge is -2.24. The van der Waals surface area contributed by atoms with Gasteiger partial charge < -0.3 is 11.1 Å². The van der Waals surface area contributed by atoms with Gasteiger partial charge in [-0.15, -0.1) is 12.4 Å². The number of halogens is 1. The molecule has 0 saturated heterocycles. The predicted octanol–water partition coefficient (Wildman–Crippen LogP) is 0.619. The van der Waals surface area contributed by atoms with Crippen LogP contribution in [0.3, 0.4) is 0 Å². The number of carbonyl (C=O) groups excluding carboxylic acids is 1. The van der Waals surface area contributed by atoms with Gasteiger partial charge in [0, 0.05) is 12.1 Å². The molecule has 3 N–H and O–H groups in total. The summed E-state index contributed by atoms with van der Waals surface area (Å²) in [5, 5.41) is 2.32. The molecular formula is C11H23ClN2O3S. The van der Waals surface area contributed by atoms with Gasteiger partial charge in [0.25, 0.3) is 0 Å². The summed E-state index contributed by atoms with van der Waals surface area (Å²) in [6.45, 7) is 3.82. The molecule has 1 amide bonds. The molecule has 108 valence electrons. The second kappa shape index (κ2) is 6.73. The van der Waals surface area contributed by atoms with Gasteiger partial charge in [-0.25, -0.2) is 8.42 Å². The number of hydrogen-bond acceptors (Lipinski definition) is 4. The molecule has 0 aromatic carbocycles. The molecule has 18 heavy (non-hydrogen) atoms. The summed E-state index contributed by atoms with van der Waals surface area (Å²) in [6.07, 6.45) is 3.27. The van der Waals surface area contributed by atoms with Crippen LogP contribution in [0.25, 0.3) is 0 Å². The fraction of sp³-hybridized carbons (Fsp3) is 0.909. The Labute approximate surface area is 115 Å². The monoisotopic (exact) mass is 298 g/mol. The molecule has 5 nitrogen and oxygen atoms in total. The molecule has 1 aliphatic carbocycles. The zero-order valence-electron chi connectivity index (χ0n) is 10.9. The Morgan fingerprint density at radius 1 is 1.33 bits per heavy atom. The highest BCUT2D eigenvalue weighted by atomic mass is 35.5. The summed E-state index contributed by atoms with van der Waals surface area (Å²) in [5.74, 6) is -0.867. The van der Waals surface area contributed by atoms with E-state index in [1.165, 1.54) is 0 Å². The molecule has 1 rings (SSSR count). The maximum Gasteiger partial charge on any atom is 0.235 e. The normalized spacial score (nSPS) is 17.3. The van der Waals surface area contributed by atoms with Gasteiger partial charge >= 0.3 is 0 Å². The highest BCUT2D eigenvalue weighted by Gasteiger charge is 2.31. The molecule has 1 fully saturated rings. The molecule has 1 saturated carbocycles. The first-order valence-corrected chi connectivity index (χ1v) is 7.71. The van der Waals surface area contributed by atoms with Crippen molar-refractivity contribution in [1.82, 2.24) is 5.32 Å². The van der Waals surface area contributed by atoms with Gasteiger partial charge in [-0.2, -0.15) is 0 Å². The van der Waals surface area contributed by atoms with Crippen LogP contribution in [0.1, 0.15) is 39.5 Å². The zero-order valence-corrected chi connectivity index (χ0v) is 12.6. The van der Waals surface area contributed by atoms with E-state index in [9.17, 15) is 13.2 Å². The Bertz CT molecular complexity index is 376. The van der Waals surface area contributed by atoms with Crippen molar-refractivity contribution in [2.24, 2.45) is 5.73 Å². The number of nitrogens with one attached hydrogen (secondary N) is 1. The van der Waals surface area contributed by atoms with Gasteiger partial charge in [0.05, 0.1) is 5.25 Å². The molecule has 0 radical (unpaired) electrons. The summed E-state index contributed by atoms with van der Waals surface area (Å²) in [6, 6.07) is 0. The summed E-state index contributed by atoms with van der Waals surface area (Å²) < 4.78 is 23.9. The number of rotatable bonds is 5. The fourth-order valence-corrected chi connectivity index (χ4v) is 3.74. The maximum atomic E-state index is 11.9. The van der Waals surface area contributed by atoms with E-state index >= 15 is 0 Å². The van der Waals surface area contributed by atoms with Crippen LogP contribution in [0.5, 0.6) is 0 Å². The summed E-state index contributed by atoms with van der Waals surface area (Å²) in [5.41, 5.74) is 4.92. The predicted molar refractivity (Wildman–Crippen MR) is 74.6 cm³/mol. The molecule has 0 aliphatic heterocycles. The van der Waals surface area contributed by atoms with Gasteiger partial charge in [0.2, 0.25) is 5.91 Å². The first-order chi connectivity index (χ1) is 7.77. The molecule has 0 spiro atoms. The second-order valence-electron chi connectivity index (χ2n) is 5.35. The number of sulfone groups is 1. The third-order valence-electron chi connectivity index (χ3n) is 3.13. The van der Waals surface area contributed by atoms with Gasteiger partial charge in [-0.3, -0.25) is 4.79 Å². The molecule has 0 bridgehead atoms. The third kappa shape index (κ3) is 5.12. The number of carbonyl (C=O) groups is 1. The number of hydrogen-bond donors (Lipinski definition) is 2. The van der Waals surface area contributed by atoms with E-state index in [1.807, 2.05) is 0 Å². The Morgan fingerprint density at radius 2 is 1.83 bits per heavy atom. The highest BCUT2D eigenvalue weighted by molar-refractivity contribution is 7.92. The van der Waals surface area contributed by atoms with E-state index in [0.717, 1.165) is 12.8 Å². The highest BCUT2D eigenvalue weighted by Crippen LogP contribution is 2.25. The van der Waals surface area contributed by atoms with Crippen LogP contribution in [0, 0.1) is 0 Å². The molecule has 0 aromatic rings. The van der Waals surface area contributed by atoms with Crippen molar-refractivity contribution in [3.05, 3.63) is 0 Å². The quantitative estimate of drug-likeness (QED) is 0.778. The van der Waals surface area contributed by atoms with E-state index < -0.39 is 27.0 Å². The Kier molecular flexibility index (Phi) is 6.60. The lowest BCUT2D eigenvalue weighted by molar-refractivity contribution is -0.120. The second-order valence-corrected chi connectivity index (χ2v) is 7.63. The molecule has 1 aliphatic rings. The summed E-state index contributed by atoms with van der Waals surface area (Å²) >= 11 is 0. The average Bonchev–Trinajstić information content (AvgIpc) is 2.68. The SMILES string of the molecule is CC(C)(CN)NC(=O)CS(=O)(=O)C1CCCC1.Cl. The Balaban J connectivity index is 0.00000289. The van der Waals surface area contributed by atoms with Crippen molar-refractivity contribution in [2.75, 3.05) is 12.3 Å². The van der Waals surface area contributed by atoms with Crippen molar-refractivity contribution in [2.45, 2.75) is 50.3 Å². The molecule has 0 atom stereocenters. The number of nitrogens with two attached hydrogens (primary N) is 1. The van der Waals surface area contributed by atoms with E-state index in [1.54, 1.807) is 13.8 Å². The van der Waals surface area contributed by atoms with Crippen LogP contribution in [-0.2, 0) is 14.6 Å². The minimum absolute atomic E-state index is 0. The van der Waals surface area contributed by atoms with E-state index in [4.69, 9.17) is 5.73 Å². The zero-order chi connectivity index (χ0) is 13.1. The van der Waals surface area contributed by atoms with Crippen LogP contribution in [0.4, 0.5) is 0 Å². The summed E-state index contributed by atoms with van der Waals surface area (Å²) in [7, 11) is -3.29. The largest absolute Gasteiger partial charge is 0.349 e. The van der Waals surface area contributed by atoms with Crippen LogP contribution in [-0.4, -0.2) is 37.4 Å². The van der Waals surface area contributed by atoms with Gasteiger partial charge in [0.15, 0.2) is 9.84 Å². The minimum atomic E-state index is -3.29. The molecular weight excluding hydrogens is 276 g/mol.